The van der Waals surface area contributed by atoms with Gasteiger partial charge in [0.15, 0.2) is 15.6 Å². The van der Waals surface area contributed by atoms with Crippen molar-refractivity contribution in [2.75, 3.05) is 24.8 Å². The van der Waals surface area contributed by atoms with Gasteiger partial charge in [-0.3, -0.25) is 4.90 Å². The van der Waals surface area contributed by atoms with Gasteiger partial charge in [-0.15, -0.1) is 0 Å². The number of halogens is 3. The minimum atomic E-state index is -4.69. The highest BCUT2D eigenvalue weighted by Crippen LogP contribution is 2.42. The summed E-state index contributed by atoms with van der Waals surface area (Å²) in [5, 5.41) is 9.26. The van der Waals surface area contributed by atoms with E-state index in [2.05, 4.69) is 6.58 Å². The van der Waals surface area contributed by atoms with Gasteiger partial charge < -0.3 is 14.4 Å². The fourth-order valence-corrected chi connectivity index (χ4v) is 4.85. The highest BCUT2D eigenvalue weighted by atomic mass is 32.2. The molecule has 0 aromatic heterocycles. The Morgan fingerprint density at radius 3 is 2.50 bits per heavy atom. The van der Waals surface area contributed by atoms with E-state index in [1.807, 2.05) is 6.07 Å². The summed E-state index contributed by atoms with van der Waals surface area (Å²) in [6.07, 6.45) is -3.73. The van der Waals surface area contributed by atoms with Crippen molar-refractivity contribution < 1.29 is 40.7 Å². The normalized spacial score (nSPS) is 16.2. The predicted octanol–water partition coefficient (Wildman–Crippen LogP) is 5.16. The molecule has 0 saturated heterocycles. The van der Waals surface area contributed by atoms with E-state index in [1.165, 1.54) is 38.2 Å². The summed E-state index contributed by atoms with van der Waals surface area (Å²) in [5.41, 5.74) is -1.25. The fourth-order valence-electron chi connectivity index (χ4n) is 3.90. The van der Waals surface area contributed by atoms with Crippen molar-refractivity contribution in [3.05, 3.63) is 83.3 Å². The molecule has 9 nitrogen and oxygen atoms in total. The zero-order valence-electron chi connectivity index (χ0n) is 20.4. The summed E-state index contributed by atoms with van der Waals surface area (Å²) in [6, 6.07) is 7.40. The Kier molecular flexibility index (Phi) is 7.87. The van der Waals surface area contributed by atoms with Gasteiger partial charge in [0.2, 0.25) is 0 Å². The van der Waals surface area contributed by atoms with Crippen LogP contribution in [0.5, 0.6) is 0 Å². The minimum Gasteiger partial charge on any atom is -0.430 e. The summed E-state index contributed by atoms with van der Waals surface area (Å²) >= 11 is 0. The first-order valence-electron chi connectivity index (χ1n) is 10.8. The molecule has 1 unspecified atom stereocenters. The van der Waals surface area contributed by atoms with E-state index >= 15 is 0 Å². The number of hydrogen-bond donors (Lipinski definition) is 0. The molecule has 0 spiro atoms. The second kappa shape index (κ2) is 10.6. The monoisotopic (exact) mass is 549 g/mol. The maximum atomic E-state index is 13.5. The van der Waals surface area contributed by atoms with E-state index < -0.39 is 39.8 Å². The second-order valence-corrected chi connectivity index (χ2v) is 10.2. The van der Waals surface area contributed by atoms with E-state index in [1.54, 1.807) is 0 Å². The van der Waals surface area contributed by atoms with Crippen LogP contribution in [0, 0.1) is 11.3 Å². The smallest absolute Gasteiger partial charge is 0.430 e. The number of hydrogen-bond acceptors (Lipinski definition) is 7. The van der Waals surface area contributed by atoms with E-state index in [0.717, 1.165) is 40.3 Å². The lowest BCUT2D eigenvalue weighted by Gasteiger charge is -2.41. The summed E-state index contributed by atoms with van der Waals surface area (Å²) in [7, 11) is -2.70. The largest absolute Gasteiger partial charge is 0.513 e. The Bertz CT molecular complexity index is 1480. The molecule has 0 fully saturated rings. The van der Waals surface area contributed by atoms with Crippen molar-refractivity contribution in [1.29, 1.82) is 5.26 Å². The molecule has 2 aromatic rings. The Morgan fingerprint density at radius 1 is 1.24 bits per heavy atom. The third-order valence-electron chi connectivity index (χ3n) is 5.60. The number of urea groups is 1. The van der Waals surface area contributed by atoms with Crippen molar-refractivity contribution in [3.63, 3.8) is 0 Å². The van der Waals surface area contributed by atoms with E-state index in [4.69, 9.17) is 9.47 Å². The molecule has 200 valence electrons. The van der Waals surface area contributed by atoms with Gasteiger partial charge in [0.1, 0.15) is 12.6 Å². The maximum absolute atomic E-state index is 13.5. The molecule has 0 aliphatic carbocycles. The summed E-state index contributed by atoms with van der Waals surface area (Å²) in [6.45, 7) is 4.53. The van der Waals surface area contributed by atoms with Gasteiger partial charge >= 0.3 is 18.4 Å². The number of ether oxygens (including phenoxy) is 2. The van der Waals surface area contributed by atoms with Crippen LogP contribution in [0.15, 0.2) is 71.5 Å². The number of likely N-dealkylation sites (N-methyl/N-ethyl adjacent to an activating group) is 1. The van der Waals surface area contributed by atoms with Crippen molar-refractivity contribution >= 4 is 27.7 Å². The van der Waals surface area contributed by atoms with Crippen molar-refractivity contribution in [2.24, 2.45) is 0 Å². The maximum Gasteiger partial charge on any atom is 0.513 e. The van der Waals surface area contributed by atoms with E-state index in [-0.39, 0.29) is 39.8 Å². The number of carbonyl (C=O) groups excluding carboxylic acids is 2. The average molecular weight is 550 g/mol. The first kappa shape index (κ1) is 28.3. The molecule has 0 radical (unpaired) electrons. The van der Waals surface area contributed by atoms with Crippen molar-refractivity contribution in [3.8, 4) is 6.07 Å². The minimum absolute atomic E-state index is 0.00286. The lowest BCUT2D eigenvalue weighted by atomic mass is 9.98. The molecule has 0 saturated carbocycles. The van der Waals surface area contributed by atoms with Gasteiger partial charge in [-0.25, -0.2) is 18.0 Å². The zero-order chi connectivity index (χ0) is 28.4. The molecule has 2 aromatic carbocycles. The number of amides is 2. The lowest BCUT2D eigenvalue weighted by molar-refractivity contribution is -0.137. The number of carbonyl (C=O) groups is 2. The molecule has 13 heteroatoms. The van der Waals surface area contributed by atoms with Crippen molar-refractivity contribution in [1.82, 2.24) is 4.90 Å². The molecule has 1 aliphatic rings. The quantitative estimate of drug-likeness (QED) is 0.361. The van der Waals surface area contributed by atoms with Gasteiger partial charge in [0.05, 0.1) is 33.5 Å². The summed E-state index contributed by atoms with van der Waals surface area (Å²) < 4.78 is 75.7. The van der Waals surface area contributed by atoms with Crippen LogP contribution >= 0.6 is 0 Å². The molecule has 0 bridgehead atoms. The number of benzene rings is 2. The van der Waals surface area contributed by atoms with Crippen LogP contribution in [0.4, 0.5) is 28.4 Å². The van der Waals surface area contributed by atoms with Gasteiger partial charge in [0, 0.05) is 18.9 Å². The van der Waals surface area contributed by atoms with Crippen LogP contribution in [0.3, 0.4) is 0 Å². The van der Waals surface area contributed by atoms with E-state index in [0.29, 0.717) is 0 Å². The van der Waals surface area contributed by atoms with Crippen LogP contribution in [0.1, 0.15) is 29.7 Å². The van der Waals surface area contributed by atoms with Crippen LogP contribution in [0.25, 0.3) is 0 Å². The van der Waals surface area contributed by atoms with Crippen LogP contribution in [-0.2, 0) is 25.5 Å². The molecular weight excluding hydrogens is 527 g/mol. The van der Waals surface area contributed by atoms with Gasteiger partial charge in [-0.2, -0.15) is 18.4 Å². The van der Waals surface area contributed by atoms with E-state index in [9.17, 15) is 36.4 Å². The third-order valence-corrected chi connectivity index (χ3v) is 6.75. The molecular formula is C25H22F3N3O6S. The molecule has 1 aliphatic heterocycles. The number of rotatable bonds is 6. The Balaban J connectivity index is 2.29. The highest BCUT2D eigenvalue weighted by molar-refractivity contribution is 7.90. The standard InChI is InChI=1S/C25H22F3N3O6S/c1-5-11-36-24(33)37-22-15(2)31(18-8-6-7-17(13-18)25(26,27)28)23(32)30(3)21(22)19-10-9-16(14-29)12-20(19)38(4,34)35/h5-10,12-13,21H,1,11H2,2-4H3. The summed E-state index contributed by atoms with van der Waals surface area (Å²) in [5.74, 6) is -0.270. The fraction of sp³-hybridized carbons (Fsp3) is 0.240. The Labute approximate surface area is 216 Å². The molecule has 3 rings (SSSR count). The van der Waals surface area contributed by atoms with Crippen LogP contribution in [-0.4, -0.2) is 45.4 Å². The predicted molar refractivity (Wildman–Crippen MR) is 129 cm³/mol. The molecule has 38 heavy (non-hydrogen) atoms. The molecule has 1 heterocycles. The number of anilines is 1. The topological polar surface area (TPSA) is 117 Å². The third kappa shape index (κ3) is 5.65. The zero-order valence-corrected chi connectivity index (χ0v) is 21.3. The first-order valence-corrected chi connectivity index (χ1v) is 12.7. The van der Waals surface area contributed by atoms with Gasteiger partial charge in [-0.1, -0.05) is 24.8 Å². The lowest BCUT2D eigenvalue weighted by Crippen LogP contribution is -2.48. The molecule has 1 atom stereocenters. The van der Waals surface area contributed by atoms with Gasteiger partial charge in [-0.05, 0) is 37.3 Å². The number of alkyl halides is 3. The average Bonchev–Trinajstić information content (AvgIpc) is 2.85. The first-order chi connectivity index (χ1) is 17.7. The SMILES string of the molecule is C=CCOC(=O)OC1=C(C)N(c2cccc(C(F)(F)F)c2)C(=O)N(C)C1c1ccc(C#N)cc1S(C)(=O)=O. The number of sulfone groups is 1. The van der Waals surface area contributed by atoms with Crippen molar-refractivity contribution in [2.45, 2.75) is 24.0 Å². The molecule has 2 amide bonds. The Morgan fingerprint density at radius 2 is 1.92 bits per heavy atom. The summed E-state index contributed by atoms with van der Waals surface area (Å²) in [4.78, 5) is 27.6. The second-order valence-electron chi connectivity index (χ2n) is 8.22. The number of allylic oxidation sites excluding steroid dienone is 1. The number of nitrogens with zero attached hydrogens (tertiary/aromatic N) is 3. The highest BCUT2D eigenvalue weighted by Gasteiger charge is 2.42. The molecule has 0 N–H and O–H groups in total. The van der Waals surface area contributed by atoms with Gasteiger partial charge in [0.25, 0.3) is 0 Å². The number of nitriles is 1. The van der Waals surface area contributed by atoms with Crippen LogP contribution < -0.4 is 4.90 Å². The van der Waals surface area contributed by atoms with Crippen LogP contribution in [0.2, 0.25) is 0 Å². The Hall–Kier alpha value is -4.31.